The van der Waals surface area contributed by atoms with Gasteiger partial charge < -0.3 is 9.80 Å². The molecule has 1 saturated carbocycles. The third-order valence-corrected chi connectivity index (χ3v) is 6.45. The number of rotatable bonds is 3. The summed E-state index contributed by atoms with van der Waals surface area (Å²) in [5, 5.41) is 0. The van der Waals surface area contributed by atoms with Crippen molar-refractivity contribution < 1.29 is 4.79 Å². The van der Waals surface area contributed by atoms with Crippen molar-refractivity contribution in [2.24, 2.45) is 11.3 Å². The second-order valence-electron chi connectivity index (χ2n) is 8.12. The molecule has 1 aromatic rings. The van der Waals surface area contributed by atoms with Crippen molar-refractivity contribution in [1.82, 2.24) is 14.9 Å². The van der Waals surface area contributed by atoms with Crippen LogP contribution < -0.4 is 4.90 Å². The van der Waals surface area contributed by atoms with Gasteiger partial charge in [0.2, 0.25) is 5.91 Å². The molecular weight excluding hydrogens is 300 g/mol. The number of anilines is 1. The van der Waals surface area contributed by atoms with Crippen LogP contribution in [0.5, 0.6) is 0 Å². The molecule has 3 heterocycles. The summed E-state index contributed by atoms with van der Waals surface area (Å²) < 4.78 is 0. The minimum atomic E-state index is 0.208. The smallest absolute Gasteiger partial charge is 0.219 e. The number of hydrogen-bond acceptors (Lipinski definition) is 4. The normalized spacial score (nSPS) is 23.9. The van der Waals surface area contributed by atoms with Crippen LogP contribution in [0.2, 0.25) is 0 Å². The Labute approximate surface area is 144 Å². The highest BCUT2D eigenvalue weighted by molar-refractivity contribution is 5.74. The van der Waals surface area contributed by atoms with Gasteiger partial charge in [-0.3, -0.25) is 9.78 Å². The predicted molar refractivity (Wildman–Crippen MR) is 93.9 cm³/mol. The molecule has 5 nitrogen and oxygen atoms in total. The zero-order valence-electron chi connectivity index (χ0n) is 14.9. The van der Waals surface area contributed by atoms with Gasteiger partial charge >= 0.3 is 0 Å². The largest absolute Gasteiger partial charge is 0.355 e. The van der Waals surface area contributed by atoms with Crippen molar-refractivity contribution in [2.75, 3.05) is 31.1 Å². The fourth-order valence-electron chi connectivity index (χ4n) is 4.71. The molecule has 2 saturated heterocycles. The van der Waals surface area contributed by atoms with Crippen molar-refractivity contribution >= 4 is 11.7 Å². The lowest BCUT2D eigenvalue weighted by Gasteiger charge is -2.58. The van der Waals surface area contributed by atoms with Crippen LogP contribution in [0.15, 0.2) is 12.4 Å². The second kappa shape index (κ2) is 6.01. The molecule has 0 radical (unpaired) electrons. The van der Waals surface area contributed by atoms with E-state index < -0.39 is 0 Å². The summed E-state index contributed by atoms with van der Waals surface area (Å²) in [4.78, 5) is 25.1. The molecule has 1 aromatic heterocycles. The van der Waals surface area contributed by atoms with Gasteiger partial charge in [0, 0.05) is 44.4 Å². The van der Waals surface area contributed by atoms with E-state index in [0.717, 1.165) is 56.5 Å². The van der Waals surface area contributed by atoms with Crippen LogP contribution in [0.25, 0.3) is 0 Å². The molecule has 1 spiro atoms. The molecule has 0 N–H and O–H groups in total. The van der Waals surface area contributed by atoms with E-state index in [-0.39, 0.29) is 5.91 Å². The van der Waals surface area contributed by atoms with E-state index in [0.29, 0.717) is 11.3 Å². The Hall–Kier alpha value is -1.65. The number of hydrogen-bond donors (Lipinski definition) is 0. The molecule has 1 aliphatic carbocycles. The van der Waals surface area contributed by atoms with Gasteiger partial charge in [-0.1, -0.05) is 13.3 Å². The Balaban J connectivity index is 1.31. The summed E-state index contributed by atoms with van der Waals surface area (Å²) in [5.41, 5.74) is 1.52. The molecule has 130 valence electrons. The van der Waals surface area contributed by atoms with E-state index in [4.69, 9.17) is 4.98 Å². The highest BCUT2D eigenvalue weighted by Crippen LogP contribution is 2.55. The molecule has 3 aliphatic rings. The maximum atomic E-state index is 11.3. The van der Waals surface area contributed by atoms with E-state index in [9.17, 15) is 4.79 Å². The lowest BCUT2D eigenvalue weighted by Crippen LogP contribution is -2.62. The maximum Gasteiger partial charge on any atom is 0.219 e. The highest BCUT2D eigenvalue weighted by Gasteiger charge is 2.53. The summed E-state index contributed by atoms with van der Waals surface area (Å²) in [5.74, 6) is 2.66. The predicted octanol–water partition coefficient (Wildman–Crippen LogP) is 2.83. The minimum absolute atomic E-state index is 0.208. The lowest BCUT2D eigenvalue weighted by atomic mass is 9.57. The van der Waals surface area contributed by atoms with E-state index in [1.807, 2.05) is 17.3 Å². The molecule has 0 unspecified atom stereocenters. The molecule has 0 atom stereocenters. The Morgan fingerprint density at radius 1 is 1.21 bits per heavy atom. The van der Waals surface area contributed by atoms with E-state index in [1.165, 1.54) is 19.3 Å². The molecule has 24 heavy (non-hydrogen) atoms. The first-order valence-electron chi connectivity index (χ1n) is 9.41. The maximum absolute atomic E-state index is 11.3. The first kappa shape index (κ1) is 15.9. The highest BCUT2D eigenvalue weighted by atomic mass is 16.2. The van der Waals surface area contributed by atoms with E-state index in [1.54, 1.807) is 6.92 Å². The lowest BCUT2D eigenvalue weighted by molar-refractivity contribution is -0.149. The van der Waals surface area contributed by atoms with Gasteiger partial charge in [0.15, 0.2) is 0 Å². The summed E-state index contributed by atoms with van der Waals surface area (Å²) in [6, 6.07) is 0. The monoisotopic (exact) mass is 328 g/mol. The number of likely N-dealkylation sites (tertiary alicyclic amines) is 1. The topological polar surface area (TPSA) is 49.3 Å². The average Bonchev–Trinajstić information content (AvgIpc) is 2.53. The fraction of sp³-hybridized carbons (Fsp3) is 0.737. The van der Waals surface area contributed by atoms with Crippen molar-refractivity contribution in [3.63, 3.8) is 0 Å². The Kier molecular flexibility index (Phi) is 3.97. The van der Waals surface area contributed by atoms with Crippen LogP contribution >= 0.6 is 0 Å². The van der Waals surface area contributed by atoms with Gasteiger partial charge in [-0.05, 0) is 31.6 Å². The van der Waals surface area contributed by atoms with Crippen LogP contribution in [0.3, 0.4) is 0 Å². The molecule has 2 aliphatic heterocycles. The Morgan fingerprint density at radius 2 is 1.92 bits per heavy atom. The quantitative estimate of drug-likeness (QED) is 0.856. The average molecular weight is 328 g/mol. The molecule has 3 fully saturated rings. The summed E-state index contributed by atoms with van der Waals surface area (Å²) >= 11 is 0. The van der Waals surface area contributed by atoms with Crippen molar-refractivity contribution in [2.45, 2.75) is 51.9 Å². The molecule has 0 aromatic carbocycles. The van der Waals surface area contributed by atoms with Gasteiger partial charge in [-0.15, -0.1) is 0 Å². The summed E-state index contributed by atoms with van der Waals surface area (Å²) in [6.07, 6.45) is 10.1. The Bertz CT molecular complexity index is 592. The SMILES string of the molecule is CCC1CCN(c2cnc(C3CC4(C3)CN(C(C)=O)C4)cn2)CC1. The van der Waals surface area contributed by atoms with Gasteiger partial charge in [0.05, 0.1) is 18.1 Å². The van der Waals surface area contributed by atoms with Crippen molar-refractivity contribution in [3.8, 4) is 0 Å². The van der Waals surface area contributed by atoms with Crippen LogP contribution in [0.4, 0.5) is 5.82 Å². The second-order valence-corrected chi connectivity index (χ2v) is 8.12. The van der Waals surface area contributed by atoms with Gasteiger partial charge in [-0.25, -0.2) is 4.98 Å². The standard InChI is InChI=1S/C19H28N4O/c1-3-15-4-6-22(7-5-15)18-11-20-17(10-21-18)16-8-19(9-16)12-23(13-19)14(2)24/h10-11,15-16H,3-9,12-13H2,1-2H3. The number of carbonyl (C=O) groups excluding carboxylic acids is 1. The van der Waals surface area contributed by atoms with Gasteiger partial charge in [-0.2, -0.15) is 0 Å². The first-order valence-corrected chi connectivity index (χ1v) is 9.41. The van der Waals surface area contributed by atoms with E-state index in [2.05, 4.69) is 16.8 Å². The number of piperidine rings is 1. The van der Waals surface area contributed by atoms with Crippen LogP contribution in [-0.2, 0) is 4.79 Å². The zero-order chi connectivity index (χ0) is 16.7. The first-order chi connectivity index (χ1) is 11.6. The summed E-state index contributed by atoms with van der Waals surface area (Å²) in [7, 11) is 0. The number of amides is 1. The van der Waals surface area contributed by atoms with Crippen molar-refractivity contribution in [1.29, 1.82) is 0 Å². The third kappa shape index (κ3) is 2.78. The van der Waals surface area contributed by atoms with Gasteiger partial charge in [0.1, 0.15) is 5.82 Å². The van der Waals surface area contributed by atoms with Crippen LogP contribution in [0, 0.1) is 11.3 Å². The van der Waals surface area contributed by atoms with Crippen molar-refractivity contribution in [3.05, 3.63) is 18.1 Å². The number of nitrogens with zero attached hydrogens (tertiary/aromatic N) is 4. The fourth-order valence-corrected chi connectivity index (χ4v) is 4.71. The molecule has 0 bridgehead atoms. The molecule has 5 heteroatoms. The van der Waals surface area contributed by atoms with Gasteiger partial charge in [0.25, 0.3) is 0 Å². The number of carbonyl (C=O) groups is 1. The zero-order valence-corrected chi connectivity index (χ0v) is 14.9. The van der Waals surface area contributed by atoms with Crippen LogP contribution in [0.1, 0.15) is 57.6 Å². The van der Waals surface area contributed by atoms with Crippen LogP contribution in [-0.4, -0.2) is 47.0 Å². The molecule has 4 rings (SSSR count). The number of aromatic nitrogens is 2. The molecule has 1 amide bonds. The summed E-state index contributed by atoms with van der Waals surface area (Å²) in [6.45, 7) is 8.06. The third-order valence-electron chi connectivity index (χ3n) is 6.45. The Morgan fingerprint density at radius 3 is 2.46 bits per heavy atom. The molecular formula is C19H28N4O. The minimum Gasteiger partial charge on any atom is -0.355 e. The van der Waals surface area contributed by atoms with E-state index >= 15 is 0 Å².